The van der Waals surface area contributed by atoms with Gasteiger partial charge in [0.25, 0.3) is 0 Å². The summed E-state index contributed by atoms with van der Waals surface area (Å²) in [5, 5.41) is 47.3. The van der Waals surface area contributed by atoms with Gasteiger partial charge in [0.2, 0.25) is 11.6 Å². The fourth-order valence-corrected chi connectivity index (χ4v) is 6.44. The zero-order chi connectivity index (χ0) is 37.5. The Hall–Kier alpha value is -4.58. The Kier molecular flexibility index (Phi) is 8.83. The molecule has 0 amide bonds. The SMILES string of the molecule is CC(C)(C)c1cc2c(O)c(c1)C(=O)c1cc(C(C)(C)C)cc(c1O)Cc1cc(C(C)(C)C)cc(c1O)C(=O)c1cc(C(C)(C)C)cc(c1O)C2. The van der Waals surface area contributed by atoms with Gasteiger partial charge in [-0.15, -0.1) is 0 Å². The Labute approximate surface area is 296 Å². The van der Waals surface area contributed by atoms with Gasteiger partial charge in [-0.3, -0.25) is 9.59 Å². The summed E-state index contributed by atoms with van der Waals surface area (Å²) in [6.45, 7) is 24.2. The van der Waals surface area contributed by atoms with Gasteiger partial charge in [0.1, 0.15) is 23.0 Å². The van der Waals surface area contributed by atoms with Gasteiger partial charge in [-0.2, -0.15) is 0 Å². The summed E-state index contributed by atoms with van der Waals surface area (Å²) < 4.78 is 0. The Morgan fingerprint density at radius 1 is 0.360 bits per heavy atom. The van der Waals surface area contributed by atoms with Crippen molar-refractivity contribution in [3.05, 3.63) is 115 Å². The van der Waals surface area contributed by atoms with Crippen molar-refractivity contribution in [2.45, 2.75) is 118 Å². The first-order chi connectivity index (χ1) is 22.8. The molecular formula is C44H52O6. The molecule has 0 radical (unpaired) electrons. The standard InChI is InChI=1S/C44H52O6/c1-41(2,3)27-15-23-13-24-16-28(42(4,5)6)21-33(36(24)46)40(50)34-22-30(44(10,11)12)18-26(38(34)48)14-25-17-29(43(7,8)9)20-32(37(25)47)39(49)31(19-27)35(23)45/h15-22,45-48H,13-14H2,1-12H3. The Morgan fingerprint density at radius 3 is 0.700 bits per heavy atom. The van der Waals surface area contributed by atoms with Crippen LogP contribution in [0.5, 0.6) is 23.0 Å². The van der Waals surface area contributed by atoms with Crippen molar-refractivity contribution in [2.75, 3.05) is 0 Å². The van der Waals surface area contributed by atoms with Crippen LogP contribution in [-0.4, -0.2) is 32.0 Å². The molecule has 0 heterocycles. The van der Waals surface area contributed by atoms with Gasteiger partial charge in [0, 0.05) is 12.8 Å². The summed E-state index contributed by atoms with van der Waals surface area (Å²) in [5.74, 6) is -2.06. The molecular weight excluding hydrogens is 624 g/mol. The summed E-state index contributed by atoms with van der Waals surface area (Å²) in [6.07, 6.45) is 0.0369. The number of hydrogen-bond acceptors (Lipinski definition) is 6. The first kappa shape index (κ1) is 36.7. The van der Waals surface area contributed by atoms with Crippen LogP contribution in [0.25, 0.3) is 0 Å². The molecule has 1 aliphatic rings. The molecule has 4 aromatic carbocycles. The Bertz CT molecular complexity index is 1760. The average Bonchev–Trinajstić information content (AvgIpc) is 2.97. The first-order valence-corrected chi connectivity index (χ1v) is 17.3. The van der Waals surface area contributed by atoms with E-state index in [9.17, 15) is 30.0 Å². The average molecular weight is 677 g/mol. The second-order valence-electron chi connectivity index (χ2n) is 18.1. The van der Waals surface area contributed by atoms with E-state index in [-0.39, 0.29) is 58.1 Å². The number of carbonyl (C=O) groups excluding carboxylic acids is 2. The Balaban J connectivity index is 1.97. The van der Waals surface area contributed by atoms with E-state index in [1.165, 1.54) is 0 Å². The minimum Gasteiger partial charge on any atom is -0.507 e. The number of rotatable bonds is 0. The van der Waals surface area contributed by atoms with E-state index in [1.54, 1.807) is 24.3 Å². The number of benzene rings is 4. The molecule has 0 unspecified atom stereocenters. The Morgan fingerprint density at radius 2 is 0.540 bits per heavy atom. The number of phenols is 4. The smallest absolute Gasteiger partial charge is 0.200 e. The molecule has 6 heteroatoms. The summed E-state index contributed by atoms with van der Waals surface area (Å²) in [7, 11) is 0. The summed E-state index contributed by atoms with van der Waals surface area (Å²) in [5.41, 5.74) is 3.25. The highest BCUT2D eigenvalue weighted by Gasteiger charge is 2.31. The number of aromatic hydroxyl groups is 4. The van der Waals surface area contributed by atoms with Crippen LogP contribution in [0.2, 0.25) is 0 Å². The second-order valence-corrected chi connectivity index (χ2v) is 18.1. The lowest BCUT2D eigenvalue weighted by Crippen LogP contribution is -2.18. The molecule has 6 nitrogen and oxygen atoms in total. The zero-order valence-corrected chi connectivity index (χ0v) is 31.6. The van der Waals surface area contributed by atoms with Crippen molar-refractivity contribution in [2.24, 2.45) is 0 Å². The van der Waals surface area contributed by atoms with Crippen LogP contribution in [0.3, 0.4) is 0 Å². The van der Waals surface area contributed by atoms with Crippen molar-refractivity contribution in [1.29, 1.82) is 0 Å². The highest BCUT2D eigenvalue weighted by molar-refractivity contribution is 6.14. The lowest BCUT2D eigenvalue weighted by Gasteiger charge is -2.26. The van der Waals surface area contributed by atoms with E-state index in [4.69, 9.17) is 0 Å². The van der Waals surface area contributed by atoms with Gasteiger partial charge < -0.3 is 20.4 Å². The van der Waals surface area contributed by atoms with Crippen LogP contribution in [0.15, 0.2) is 48.5 Å². The molecule has 50 heavy (non-hydrogen) atoms. The number of carbonyl (C=O) groups is 2. The van der Waals surface area contributed by atoms with E-state index in [1.807, 2.05) is 107 Å². The molecule has 0 spiro atoms. The second kappa shape index (κ2) is 12.0. The maximum Gasteiger partial charge on any atom is 0.200 e. The molecule has 4 N–H and O–H groups in total. The topological polar surface area (TPSA) is 115 Å². The molecule has 0 saturated carbocycles. The van der Waals surface area contributed by atoms with Crippen LogP contribution in [0.4, 0.5) is 0 Å². The highest BCUT2D eigenvalue weighted by Crippen LogP contribution is 2.43. The number of phenolic OH excluding ortho intramolecular Hbond substituents is 4. The molecule has 1 aliphatic carbocycles. The van der Waals surface area contributed by atoms with Crippen molar-refractivity contribution in [3.8, 4) is 23.0 Å². The molecule has 0 fully saturated rings. The third kappa shape index (κ3) is 6.77. The van der Waals surface area contributed by atoms with E-state index in [0.717, 1.165) is 22.3 Å². The largest absolute Gasteiger partial charge is 0.507 e. The molecule has 0 atom stereocenters. The molecule has 8 bridgehead atoms. The van der Waals surface area contributed by atoms with Gasteiger partial charge >= 0.3 is 0 Å². The van der Waals surface area contributed by atoms with Crippen molar-refractivity contribution >= 4 is 11.6 Å². The molecule has 0 aliphatic heterocycles. The van der Waals surface area contributed by atoms with Gasteiger partial charge in [-0.25, -0.2) is 0 Å². The van der Waals surface area contributed by atoms with Crippen molar-refractivity contribution in [1.82, 2.24) is 0 Å². The lowest BCUT2D eigenvalue weighted by atomic mass is 9.79. The number of hydrogen-bond donors (Lipinski definition) is 4. The van der Waals surface area contributed by atoms with Crippen molar-refractivity contribution < 1.29 is 30.0 Å². The summed E-state index contributed by atoms with van der Waals surface area (Å²) >= 11 is 0. The maximum atomic E-state index is 14.6. The highest BCUT2D eigenvalue weighted by atomic mass is 16.3. The monoisotopic (exact) mass is 676 g/mol. The van der Waals surface area contributed by atoms with Gasteiger partial charge in [0.05, 0.1) is 22.3 Å². The predicted octanol–water partition coefficient (Wildman–Crippen LogP) is 9.66. The van der Waals surface area contributed by atoms with Crippen LogP contribution >= 0.6 is 0 Å². The molecule has 4 aromatic rings. The fourth-order valence-electron chi connectivity index (χ4n) is 6.44. The molecule has 0 saturated heterocycles. The quantitative estimate of drug-likeness (QED) is 0.130. The minimum atomic E-state index is -0.538. The minimum absolute atomic E-state index is 0.0184. The fraction of sp³-hybridized carbons (Fsp3) is 0.409. The van der Waals surface area contributed by atoms with E-state index in [2.05, 4.69) is 0 Å². The van der Waals surface area contributed by atoms with Gasteiger partial charge in [-0.05, 0) is 90.4 Å². The third-order valence-corrected chi connectivity index (χ3v) is 9.96. The zero-order valence-electron chi connectivity index (χ0n) is 31.6. The van der Waals surface area contributed by atoms with Crippen LogP contribution in [0, 0.1) is 0 Å². The summed E-state index contributed by atoms with van der Waals surface area (Å²) in [4.78, 5) is 29.2. The van der Waals surface area contributed by atoms with Gasteiger partial charge in [0.15, 0.2) is 0 Å². The van der Waals surface area contributed by atoms with Gasteiger partial charge in [-0.1, -0.05) is 107 Å². The molecule has 5 rings (SSSR count). The van der Waals surface area contributed by atoms with Crippen molar-refractivity contribution in [3.63, 3.8) is 0 Å². The van der Waals surface area contributed by atoms with E-state index < -0.39 is 33.2 Å². The van der Waals surface area contributed by atoms with E-state index in [0.29, 0.717) is 22.3 Å². The van der Waals surface area contributed by atoms with E-state index >= 15 is 0 Å². The number of ketones is 2. The summed E-state index contributed by atoms with van der Waals surface area (Å²) in [6, 6.07) is 14.1. The lowest BCUT2D eigenvalue weighted by molar-refractivity contribution is 0.102. The number of fused-ring (bicyclic) bond motifs is 8. The predicted molar refractivity (Wildman–Crippen MR) is 200 cm³/mol. The molecule has 264 valence electrons. The van der Waals surface area contributed by atoms with Crippen LogP contribution in [0.1, 0.15) is 159 Å². The normalized spacial score (nSPS) is 14.2. The molecule has 0 aromatic heterocycles. The van der Waals surface area contributed by atoms with Crippen LogP contribution < -0.4 is 0 Å². The van der Waals surface area contributed by atoms with Crippen LogP contribution in [-0.2, 0) is 34.5 Å². The third-order valence-electron chi connectivity index (χ3n) is 9.96. The first-order valence-electron chi connectivity index (χ1n) is 17.3. The maximum absolute atomic E-state index is 14.6.